The van der Waals surface area contributed by atoms with Crippen LogP contribution >= 0.6 is 11.8 Å². The van der Waals surface area contributed by atoms with Crippen LogP contribution in [-0.4, -0.2) is 37.4 Å². The minimum absolute atomic E-state index is 0.107. The van der Waals surface area contributed by atoms with E-state index in [2.05, 4.69) is 17.4 Å². The number of benzene rings is 2. The number of esters is 1. The average Bonchev–Trinajstić information content (AvgIpc) is 2.68. The maximum atomic E-state index is 11.6. The number of rotatable bonds is 11. The molecular weight excluding hydrogens is 350 g/mol. The van der Waals surface area contributed by atoms with Crippen molar-refractivity contribution in [2.24, 2.45) is 0 Å². The summed E-state index contributed by atoms with van der Waals surface area (Å²) >= 11 is 1.75. The maximum absolute atomic E-state index is 11.6. The fourth-order valence-electron chi connectivity index (χ4n) is 2.04. The SMILES string of the molecule is O=C(COC(=O)CCOc1ccccc1)NCCCSc1ccccc1. The molecule has 0 aromatic heterocycles. The molecule has 0 heterocycles. The van der Waals surface area contributed by atoms with Crippen molar-refractivity contribution in [3.05, 3.63) is 60.7 Å². The van der Waals surface area contributed by atoms with E-state index in [1.165, 1.54) is 4.90 Å². The molecule has 0 radical (unpaired) electrons. The van der Waals surface area contributed by atoms with Crippen molar-refractivity contribution < 1.29 is 19.1 Å². The van der Waals surface area contributed by atoms with Crippen molar-refractivity contribution in [1.29, 1.82) is 0 Å². The summed E-state index contributed by atoms with van der Waals surface area (Å²) < 4.78 is 10.3. The highest BCUT2D eigenvalue weighted by Gasteiger charge is 2.07. The van der Waals surface area contributed by atoms with Gasteiger partial charge in [-0.25, -0.2) is 0 Å². The predicted octanol–water partition coefficient (Wildman–Crippen LogP) is 3.30. The number of nitrogens with one attached hydrogen (secondary N) is 1. The Labute approximate surface area is 158 Å². The zero-order chi connectivity index (χ0) is 18.5. The van der Waals surface area contributed by atoms with Gasteiger partial charge in [0.1, 0.15) is 5.75 Å². The molecule has 6 heteroatoms. The van der Waals surface area contributed by atoms with Gasteiger partial charge in [0.05, 0.1) is 13.0 Å². The van der Waals surface area contributed by atoms with E-state index in [4.69, 9.17) is 9.47 Å². The number of amides is 1. The van der Waals surface area contributed by atoms with Crippen LogP contribution in [0.5, 0.6) is 5.75 Å². The Bertz CT molecular complexity index is 664. The monoisotopic (exact) mass is 373 g/mol. The highest BCUT2D eigenvalue weighted by molar-refractivity contribution is 7.99. The van der Waals surface area contributed by atoms with E-state index in [0.717, 1.165) is 12.2 Å². The summed E-state index contributed by atoms with van der Waals surface area (Å²) in [7, 11) is 0. The second-order valence-corrected chi connectivity index (χ2v) is 6.61. The lowest BCUT2D eigenvalue weighted by molar-refractivity contribution is -0.149. The van der Waals surface area contributed by atoms with E-state index in [1.807, 2.05) is 48.5 Å². The third-order valence-electron chi connectivity index (χ3n) is 3.34. The number of para-hydroxylation sites is 1. The molecule has 0 aliphatic carbocycles. The van der Waals surface area contributed by atoms with Crippen LogP contribution in [0.25, 0.3) is 0 Å². The van der Waals surface area contributed by atoms with Crippen LogP contribution in [0.1, 0.15) is 12.8 Å². The number of thioether (sulfide) groups is 1. The fraction of sp³-hybridized carbons (Fsp3) is 0.300. The Kier molecular flexibility index (Phi) is 9.14. The Hall–Kier alpha value is -2.47. The van der Waals surface area contributed by atoms with Gasteiger partial charge in [-0.15, -0.1) is 11.8 Å². The zero-order valence-corrected chi connectivity index (χ0v) is 15.4. The summed E-state index contributed by atoms with van der Waals surface area (Å²) in [6.07, 6.45) is 0.958. The molecule has 0 spiro atoms. The van der Waals surface area contributed by atoms with Crippen LogP contribution in [0, 0.1) is 0 Å². The smallest absolute Gasteiger partial charge is 0.309 e. The van der Waals surface area contributed by atoms with Gasteiger partial charge in [0.2, 0.25) is 0 Å². The molecule has 0 aliphatic heterocycles. The Morgan fingerprint density at radius 3 is 2.38 bits per heavy atom. The molecule has 0 saturated heterocycles. The summed E-state index contributed by atoms with van der Waals surface area (Å²) in [5.41, 5.74) is 0. The number of carbonyl (C=O) groups excluding carboxylic acids is 2. The van der Waals surface area contributed by atoms with Crippen molar-refractivity contribution in [1.82, 2.24) is 5.32 Å². The van der Waals surface area contributed by atoms with E-state index in [-0.39, 0.29) is 25.5 Å². The Morgan fingerprint density at radius 2 is 1.65 bits per heavy atom. The molecule has 2 aromatic rings. The minimum atomic E-state index is -0.448. The van der Waals surface area contributed by atoms with E-state index in [9.17, 15) is 9.59 Å². The molecular formula is C20H23NO4S. The minimum Gasteiger partial charge on any atom is -0.493 e. The lowest BCUT2D eigenvalue weighted by Gasteiger charge is -2.08. The standard InChI is InChI=1S/C20H23NO4S/c22-19(21-13-7-15-26-18-10-5-2-6-11-18)16-25-20(23)12-14-24-17-8-3-1-4-9-17/h1-6,8-11H,7,12-16H2,(H,21,22). The number of carbonyl (C=O) groups is 2. The normalized spacial score (nSPS) is 10.2. The third kappa shape index (κ3) is 8.58. The molecule has 1 amide bonds. The van der Waals surface area contributed by atoms with E-state index in [0.29, 0.717) is 12.3 Å². The fourth-order valence-corrected chi connectivity index (χ4v) is 2.92. The van der Waals surface area contributed by atoms with Gasteiger partial charge in [-0.2, -0.15) is 0 Å². The van der Waals surface area contributed by atoms with Crippen molar-refractivity contribution >= 4 is 23.6 Å². The van der Waals surface area contributed by atoms with Gasteiger partial charge in [0.25, 0.3) is 5.91 Å². The van der Waals surface area contributed by atoms with Gasteiger partial charge in [-0.1, -0.05) is 36.4 Å². The van der Waals surface area contributed by atoms with Crippen molar-refractivity contribution in [2.75, 3.05) is 25.5 Å². The van der Waals surface area contributed by atoms with Crippen LogP contribution in [0.15, 0.2) is 65.6 Å². The molecule has 138 valence electrons. The lowest BCUT2D eigenvalue weighted by atomic mass is 10.3. The largest absolute Gasteiger partial charge is 0.493 e. The second kappa shape index (κ2) is 12.0. The summed E-state index contributed by atoms with van der Waals surface area (Å²) in [6.45, 7) is 0.532. The molecule has 26 heavy (non-hydrogen) atoms. The Balaban J connectivity index is 1.47. The number of hydrogen-bond donors (Lipinski definition) is 1. The van der Waals surface area contributed by atoms with Crippen LogP contribution < -0.4 is 10.1 Å². The highest BCUT2D eigenvalue weighted by Crippen LogP contribution is 2.17. The Morgan fingerprint density at radius 1 is 0.962 bits per heavy atom. The zero-order valence-electron chi connectivity index (χ0n) is 14.6. The third-order valence-corrected chi connectivity index (χ3v) is 4.44. The van der Waals surface area contributed by atoms with Crippen LogP contribution in [-0.2, 0) is 14.3 Å². The van der Waals surface area contributed by atoms with Gasteiger partial charge in [-0.3, -0.25) is 9.59 Å². The molecule has 0 aliphatic rings. The average molecular weight is 373 g/mol. The summed E-state index contributed by atoms with van der Waals surface area (Å²) in [5.74, 6) is 0.884. The summed E-state index contributed by atoms with van der Waals surface area (Å²) in [6, 6.07) is 19.3. The van der Waals surface area contributed by atoms with Gasteiger partial charge in [0.15, 0.2) is 6.61 Å². The van der Waals surface area contributed by atoms with Gasteiger partial charge in [-0.05, 0) is 36.4 Å². The number of ether oxygens (including phenoxy) is 2. The maximum Gasteiger partial charge on any atom is 0.309 e. The van der Waals surface area contributed by atoms with E-state index < -0.39 is 5.97 Å². The molecule has 2 rings (SSSR count). The van der Waals surface area contributed by atoms with Gasteiger partial charge in [0, 0.05) is 11.4 Å². The van der Waals surface area contributed by atoms with E-state index in [1.54, 1.807) is 11.8 Å². The molecule has 0 atom stereocenters. The first-order chi connectivity index (χ1) is 12.7. The van der Waals surface area contributed by atoms with Crippen LogP contribution in [0.2, 0.25) is 0 Å². The lowest BCUT2D eigenvalue weighted by Crippen LogP contribution is -2.30. The van der Waals surface area contributed by atoms with Gasteiger partial charge >= 0.3 is 5.97 Å². The summed E-state index contributed by atoms with van der Waals surface area (Å²) in [4.78, 5) is 24.4. The number of hydrogen-bond acceptors (Lipinski definition) is 5. The molecule has 0 bridgehead atoms. The highest BCUT2D eigenvalue weighted by atomic mass is 32.2. The molecule has 2 aromatic carbocycles. The quantitative estimate of drug-likeness (QED) is 0.372. The summed E-state index contributed by atoms with van der Waals surface area (Å²) in [5, 5.41) is 2.75. The van der Waals surface area contributed by atoms with Crippen LogP contribution in [0.3, 0.4) is 0 Å². The topological polar surface area (TPSA) is 64.6 Å². The van der Waals surface area contributed by atoms with Gasteiger partial charge < -0.3 is 14.8 Å². The first-order valence-electron chi connectivity index (χ1n) is 8.52. The first-order valence-corrected chi connectivity index (χ1v) is 9.50. The first kappa shape index (κ1) is 19.8. The van der Waals surface area contributed by atoms with Crippen LogP contribution in [0.4, 0.5) is 0 Å². The molecule has 0 fully saturated rings. The molecule has 0 unspecified atom stereocenters. The molecule has 1 N–H and O–H groups in total. The van der Waals surface area contributed by atoms with Crippen molar-refractivity contribution in [3.63, 3.8) is 0 Å². The van der Waals surface area contributed by atoms with E-state index >= 15 is 0 Å². The molecule has 5 nitrogen and oxygen atoms in total. The molecule has 0 saturated carbocycles. The second-order valence-electron chi connectivity index (χ2n) is 5.44. The predicted molar refractivity (Wildman–Crippen MR) is 102 cm³/mol. The van der Waals surface area contributed by atoms with Crippen molar-refractivity contribution in [2.45, 2.75) is 17.7 Å². The van der Waals surface area contributed by atoms with Crippen molar-refractivity contribution in [3.8, 4) is 5.75 Å².